The minimum absolute atomic E-state index is 0. The van der Waals surface area contributed by atoms with Gasteiger partial charge in [0.1, 0.15) is 0 Å². The molecule has 3 N–H and O–H groups in total. The summed E-state index contributed by atoms with van der Waals surface area (Å²) in [6.45, 7) is 3.55. The van der Waals surface area contributed by atoms with Crippen LogP contribution in [0.4, 0.5) is 5.69 Å². The number of nitrogens with two attached hydrogens (primary N) is 1. The normalized spacial score (nSPS) is 11.2. The Morgan fingerprint density at radius 3 is 2.72 bits per heavy atom. The van der Waals surface area contributed by atoms with E-state index in [2.05, 4.69) is 6.58 Å². The first kappa shape index (κ1) is 16.2. The Balaban J connectivity index is 0.00000289. The maximum atomic E-state index is 10.8. The third-order valence-corrected chi connectivity index (χ3v) is 2.34. The highest BCUT2D eigenvalue weighted by molar-refractivity contribution is 5.85. The topological polar surface area (TPSA) is 98.6 Å². The summed E-state index contributed by atoms with van der Waals surface area (Å²) in [5.41, 5.74) is 5.92. The van der Waals surface area contributed by atoms with Gasteiger partial charge in [-0.05, 0) is 18.1 Å². The number of nitro groups is 1. The molecule has 0 unspecified atom stereocenters. The summed E-state index contributed by atoms with van der Waals surface area (Å²) in [7, 11) is 1.32. The van der Waals surface area contributed by atoms with Gasteiger partial charge in [-0.1, -0.05) is 6.08 Å². The van der Waals surface area contributed by atoms with Crippen molar-refractivity contribution < 1.29 is 14.8 Å². The lowest BCUT2D eigenvalue weighted by atomic mass is 10.0. The van der Waals surface area contributed by atoms with E-state index in [1.54, 1.807) is 6.08 Å². The van der Waals surface area contributed by atoms with Gasteiger partial charge in [0.05, 0.1) is 12.0 Å². The molecule has 0 radical (unpaired) electrons. The lowest BCUT2D eigenvalue weighted by molar-refractivity contribution is -0.386. The molecular formula is C11H15ClN2O4. The van der Waals surface area contributed by atoms with E-state index >= 15 is 0 Å². The van der Waals surface area contributed by atoms with Crippen LogP contribution < -0.4 is 10.5 Å². The van der Waals surface area contributed by atoms with E-state index in [9.17, 15) is 15.2 Å². The van der Waals surface area contributed by atoms with E-state index in [1.807, 2.05) is 0 Å². The highest BCUT2D eigenvalue weighted by atomic mass is 35.5. The molecule has 0 aromatic heterocycles. The van der Waals surface area contributed by atoms with Crippen molar-refractivity contribution in [1.29, 1.82) is 0 Å². The van der Waals surface area contributed by atoms with Gasteiger partial charge in [-0.2, -0.15) is 0 Å². The molecule has 0 fully saturated rings. The Kier molecular flexibility index (Phi) is 6.15. The maximum Gasteiger partial charge on any atom is 0.314 e. The van der Waals surface area contributed by atoms with E-state index in [0.717, 1.165) is 0 Å². The number of halogens is 1. The number of ether oxygens (including phenoxy) is 1. The Labute approximate surface area is 111 Å². The van der Waals surface area contributed by atoms with E-state index in [-0.39, 0.29) is 18.2 Å². The van der Waals surface area contributed by atoms with Crippen LogP contribution in [0.3, 0.4) is 0 Å². The number of rotatable bonds is 5. The second kappa shape index (κ2) is 6.83. The van der Waals surface area contributed by atoms with Gasteiger partial charge in [-0.15, -0.1) is 19.0 Å². The fourth-order valence-corrected chi connectivity index (χ4v) is 1.44. The van der Waals surface area contributed by atoms with Crippen molar-refractivity contribution in [2.24, 2.45) is 5.73 Å². The fourth-order valence-electron chi connectivity index (χ4n) is 1.44. The first-order chi connectivity index (χ1) is 8.01. The summed E-state index contributed by atoms with van der Waals surface area (Å²) in [4.78, 5) is 10.1. The van der Waals surface area contributed by atoms with Crippen LogP contribution in [0.25, 0.3) is 0 Å². The smallest absolute Gasteiger partial charge is 0.314 e. The molecule has 0 heterocycles. The van der Waals surface area contributed by atoms with Crippen molar-refractivity contribution in [1.82, 2.24) is 0 Å². The summed E-state index contributed by atoms with van der Waals surface area (Å²) in [5.74, 6) is -0.458. The van der Waals surface area contributed by atoms with Crippen molar-refractivity contribution in [2.75, 3.05) is 7.11 Å². The number of methoxy groups -OCH3 is 1. The molecule has 0 spiro atoms. The lowest BCUT2D eigenvalue weighted by Crippen LogP contribution is -2.09. The molecule has 7 heteroatoms. The Morgan fingerprint density at radius 2 is 2.28 bits per heavy atom. The second-order valence-corrected chi connectivity index (χ2v) is 3.48. The average Bonchev–Trinajstić information content (AvgIpc) is 2.29. The number of benzene rings is 1. The van der Waals surface area contributed by atoms with Gasteiger partial charge in [-0.3, -0.25) is 10.1 Å². The molecule has 6 nitrogen and oxygen atoms in total. The first-order valence-electron chi connectivity index (χ1n) is 4.93. The fraction of sp³-hybridized carbons (Fsp3) is 0.273. The number of nitrogens with zero attached hydrogens (tertiary/aromatic N) is 1. The van der Waals surface area contributed by atoms with Gasteiger partial charge in [0.25, 0.3) is 0 Å². The van der Waals surface area contributed by atoms with Crippen LogP contribution in [-0.2, 0) is 0 Å². The molecule has 1 rings (SSSR count). The van der Waals surface area contributed by atoms with E-state index < -0.39 is 22.4 Å². The van der Waals surface area contributed by atoms with Gasteiger partial charge in [0.2, 0.25) is 5.75 Å². The molecule has 0 aliphatic heterocycles. The first-order valence-corrected chi connectivity index (χ1v) is 4.93. The van der Waals surface area contributed by atoms with E-state index in [1.165, 1.54) is 19.2 Å². The average molecular weight is 275 g/mol. The largest absolute Gasteiger partial charge is 0.500 e. The molecule has 18 heavy (non-hydrogen) atoms. The van der Waals surface area contributed by atoms with Crippen molar-refractivity contribution >= 4 is 18.1 Å². The van der Waals surface area contributed by atoms with Crippen molar-refractivity contribution in [3.63, 3.8) is 0 Å². The number of hydrogen-bond acceptors (Lipinski definition) is 5. The number of aromatic hydroxyl groups is 1. The standard InChI is InChI=1S/C11H14N2O4.ClH/c1-3-4-8(12)7-5-9(13(15)16)11(14)10(6-7)17-2;/h3,5-6,8,14H,1,4,12H2,2H3;1H/t8-;/m1./s1. The molecule has 0 bridgehead atoms. The zero-order chi connectivity index (χ0) is 13.0. The minimum atomic E-state index is -0.679. The summed E-state index contributed by atoms with van der Waals surface area (Å²) < 4.78 is 4.87. The van der Waals surface area contributed by atoms with Crippen LogP contribution >= 0.6 is 12.4 Å². The molecule has 1 aromatic rings. The Morgan fingerprint density at radius 1 is 1.67 bits per heavy atom. The SMILES string of the molecule is C=CC[C@@H](N)c1cc(OC)c(O)c([N+](=O)[O-])c1.Cl. The van der Waals surface area contributed by atoms with Crippen LogP contribution in [0, 0.1) is 10.1 Å². The highest BCUT2D eigenvalue weighted by Crippen LogP contribution is 2.38. The van der Waals surface area contributed by atoms with Crippen molar-refractivity contribution in [3.05, 3.63) is 40.5 Å². The van der Waals surface area contributed by atoms with Crippen LogP contribution in [0.15, 0.2) is 24.8 Å². The number of nitro benzene ring substituents is 1. The summed E-state index contributed by atoms with van der Waals surface area (Å²) in [6, 6.07) is 2.31. The summed E-state index contributed by atoms with van der Waals surface area (Å²) >= 11 is 0. The van der Waals surface area contributed by atoms with Gasteiger partial charge < -0.3 is 15.6 Å². The predicted molar refractivity (Wildman–Crippen MR) is 70.3 cm³/mol. The van der Waals surface area contributed by atoms with Crippen molar-refractivity contribution in [2.45, 2.75) is 12.5 Å². The van der Waals surface area contributed by atoms with Gasteiger partial charge in [0.15, 0.2) is 5.75 Å². The molecule has 100 valence electrons. The molecule has 1 atom stereocenters. The van der Waals surface area contributed by atoms with Crippen molar-refractivity contribution in [3.8, 4) is 11.5 Å². The monoisotopic (exact) mass is 274 g/mol. The van der Waals surface area contributed by atoms with Crippen LogP contribution in [0.2, 0.25) is 0 Å². The Bertz CT molecular complexity index is 451. The molecule has 0 aliphatic rings. The molecule has 0 saturated carbocycles. The van der Waals surface area contributed by atoms with Crippen LogP contribution in [0.5, 0.6) is 11.5 Å². The van der Waals surface area contributed by atoms with E-state index in [0.29, 0.717) is 12.0 Å². The molecule has 0 amide bonds. The highest BCUT2D eigenvalue weighted by Gasteiger charge is 2.21. The zero-order valence-corrected chi connectivity index (χ0v) is 10.6. The summed E-state index contributed by atoms with van der Waals surface area (Å²) in [5, 5.41) is 20.3. The van der Waals surface area contributed by atoms with Gasteiger partial charge >= 0.3 is 5.69 Å². The predicted octanol–water partition coefficient (Wildman–Crippen LogP) is 2.31. The minimum Gasteiger partial charge on any atom is -0.500 e. The van der Waals surface area contributed by atoms with Gasteiger partial charge in [0, 0.05) is 12.1 Å². The third kappa shape index (κ3) is 3.35. The second-order valence-electron chi connectivity index (χ2n) is 3.48. The summed E-state index contributed by atoms with van der Waals surface area (Å²) in [6.07, 6.45) is 2.10. The number of phenols is 1. The molecule has 1 aromatic carbocycles. The van der Waals surface area contributed by atoms with Gasteiger partial charge in [-0.25, -0.2) is 0 Å². The maximum absolute atomic E-state index is 10.8. The Hall–Kier alpha value is -1.79. The lowest BCUT2D eigenvalue weighted by Gasteiger charge is -2.12. The zero-order valence-electron chi connectivity index (χ0n) is 9.83. The molecule has 0 aliphatic carbocycles. The number of hydrogen-bond donors (Lipinski definition) is 2. The third-order valence-electron chi connectivity index (χ3n) is 2.34. The number of phenolic OH excluding ortho intramolecular Hbond substituents is 1. The van der Waals surface area contributed by atoms with Crippen LogP contribution in [-0.4, -0.2) is 17.1 Å². The van der Waals surface area contributed by atoms with E-state index in [4.69, 9.17) is 10.5 Å². The molecular weight excluding hydrogens is 260 g/mol. The quantitative estimate of drug-likeness (QED) is 0.488. The van der Waals surface area contributed by atoms with Crippen LogP contribution in [0.1, 0.15) is 18.0 Å². The molecule has 0 saturated heterocycles.